The monoisotopic (exact) mass is 1510 g/mol. The number of hydrogen-bond acceptors (Lipinski definition) is 10. The summed E-state index contributed by atoms with van der Waals surface area (Å²) in [5.41, 5.74) is 14.8. The van der Waals surface area contributed by atoms with Gasteiger partial charge in [-0.3, -0.25) is 0 Å². The van der Waals surface area contributed by atoms with Crippen LogP contribution >= 0.6 is 56.7 Å². The van der Waals surface area contributed by atoms with E-state index in [0.29, 0.717) is 0 Å². The van der Waals surface area contributed by atoms with Crippen molar-refractivity contribution in [3.05, 3.63) is 382 Å². The molecular weight excluding hydrogens is 1440 g/mol. The zero-order valence-corrected chi connectivity index (χ0v) is 63.9. The van der Waals surface area contributed by atoms with E-state index in [0.717, 1.165) is 56.6 Å². The predicted octanol–water partition coefficient (Wildman–Crippen LogP) is 31.7. The number of thiophene rings is 5. The van der Waals surface area contributed by atoms with Crippen molar-refractivity contribution in [2.45, 2.75) is 0 Å². The van der Waals surface area contributed by atoms with Gasteiger partial charge in [-0.05, 0) is 165 Å². The molecule has 0 aliphatic heterocycles. The number of nitrogens with zero attached hydrogens (tertiary/aromatic N) is 1. The molecule has 0 atom stereocenters. The van der Waals surface area contributed by atoms with Gasteiger partial charge < -0.3 is 21.3 Å². The highest BCUT2D eigenvalue weighted by Crippen LogP contribution is 2.46. The van der Waals surface area contributed by atoms with Crippen LogP contribution in [0.5, 0.6) is 0 Å². The predicted molar refractivity (Wildman–Crippen MR) is 490 cm³/mol. The van der Waals surface area contributed by atoms with Crippen LogP contribution in [0.15, 0.2) is 382 Å². The Morgan fingerprint density at radius 2 is 0.604 bits per heavy atom. The van der Waals surface area contributed by atoms with E-state index in [-0.39, 0.29) is 0 Å². The highest BCUT2D eigenvalue weighted by atomic mass is 32.1. The number of fused-ring (bicyclic) bond motifs is 20. The van der Waals surface area contributed by atoms with Crippen molar-refractivity contribution in [2.75, 3.05) is 21.3 Å². The topological polar surface area (TPSA) is 61.0 Å². The molecule has 23 rings (SSSR count). The van der Waals surface area contributed by atoms with E-state index in [1.807, 2.05) is 75.7 Å². The quantitative estimate of drug-likeness (QED) is 0.103. The molecule has 0 spiro atoms. The van der Waals surface area contributed by atoms with Gasteiger partial charge in [0.25, 0.3) is 0 Å². The minimum atomic E-state index is 1.01. The molecule has 23 aromatic rings. The molecule has 17 aromatic carbocycles. The standard InChI is InChI=1S/C31H20N2S.C24H15NS2.C24H17NS.C22H15NS/c1-2-8-20(9-3-1)27-16-17-29-31(33-27)26-15-14-22(19-30(26)34-29)32-28-18-21-10-4-5-11-23(21)24-12-6-7-13-25(24)28;1-3-7-21-17(5-1)19-11-9-15(13-23(19)26-21)25-16-10-12-20-18-6-2-4-8-22(18)27-24(20)14-16;1-2-7-18(8-3-1)25-19-15-13-17(14-16-19)20-10-6-11-22-21-9-4-5-12-23(21)26-24(20)22;1-2-9-16(10-3-1)23-19-14-15-8-4-5-11-17(15)21-18-12-6-7-13-20(18)24-22(19)21/h1-19,32H;1-14,25H;1-16,25H;1-14,23H. The van der Waals surface area contributed by atoms with E-state index < -0.39 is 0 Å². The first kappa shape index (κ1) is 67.3. The van der Waals surface area contributed by atoms with E-state index in [1.54, 1.807) is 11.3 Å². The van der Waals surface area contributed by atoms with Gasteiger partial charge in [-0.15, -0.1) is 56.7 Å². The first-order valence-corrected chi connectivity index (χ1v) is 41.2. The molecule has 111 heavy (non-hydrogen) atoms. The SMILES string of the molecule is c1ccc(-c2ccc3sc4cc(Nc5cc6ccccc6c6ccccc56)ccc4c3n2)cc1.c1ccc(Nc2cc3ccccc3c3c2sc2ccccc23)cc1.c1ccc(Nc2ccc(-c3cccc4c3sc3ccccc34)cc2)cc1.c1ccc2c(c1)sc1cc(Nc3ccc4c(c3)sc3ccccc34)ccc12. The smallest absolute Gasteiger partial charge is 0.0895 e. The van der Waals surface area contributed by atoms with E-state index in [2.05, 4.69) is 373 Å². The van der Waals surface area contributed by atoms with Crippen molar-refractivity contribution < 1.29 is 0 Å². The number of para-hydroxylation sites is 2. The Morgan fingerprint density at radius 1 is 0.198 bits per heavy atom. The maximum atomic E-state index is 5.01. The van der Waals surface area contributed by atoms with Crippen molar-refractivity contribution in [1.29, 1.82) is 0 Å². The second-order valence-corrected chi connectivity index (χ2v) is 32.9. The molecule has 5 nitrogen and oxygen atoms in total. The van der Waals surface area contributed by atoms with Crippen LogP contribution in [-0.2, 0) is 0 Å². The Hall–Kier alpha value is -13.0. The van der Waals surface area contributed by atoms with Gasteiger partial charge in [0.05, 0.1) is 26.3 Å². The third-order valence-electron chi connectivity index (χ3n) is 20.6. The number of pyridine rings is 1. The highest BCUT2D eigenvalue weighted by Gasteiger charge is 2.17. The zero-order chi connectivity index (χ0) is 73.6. The van der Waals surface area contributed by atoms with Crippen molar-refractivity contribution in [2.24, 2.45) is 0 Å². The maximum absolute atomic E-state index is 5.01. The fourth-order valence-electron chi connectivity index (χ4n) is 15.3. The molecule has 0 saturated carbocycles. The molecule has 0 amide bonds. The molecule has 0 fully saturated rings. The third kappa shape index (κ3) is 13.3. The molecule has 0 unspecified atom stereocenters. The third-order valence-corrected chi connectivity index (χ3v) is 26.4. The van der Waals surface area contributed by atoms with Gasteiger partial charge in [-0.2, -0.15) is 0 Å². The van der Waals surface area contributed by atoms with Crippen molar-refractivity contribution in [3.8, 4) is 22.4 Å². The molecule has 6 aromatic heterocycles. The van der Waals surface area contributed by atoms with E-state index in [1.165, 1.54) is 145 Å². The van der Waals surface area contributed by atoms with E-state index in [4.69, 9.17) is 4.98 Å². The lowest BCUT2D eigenvalue weighted by atomic mass is 10.00. The lowest BCUT2D eigenvalue weighted by Crippen LogP contribution is -1.92. The largest absolute Gasteiger partial charge is 0.356 e. The van der Waals surface area contributed by atoms with Gasteiger partial charge in [0.1, 0.15) is 0 Å². The summed E-state index contributed by atoms with van der Waals surface area (Å²) >= 11 is 9.24. The van der Waals surface area contributed by atoms with Gasteiger partial charge in [0.15, 0.2) is 0 Å². The molecular formula is C101H67N5S5. The van der Waals surface area contributed by atoms with Crippen molar-refractivity contribution in [1.82, 2.24) is 4.98 Å². The molecule has 10 heteroatoms. The average Bonchev–Trinajstić information content (AvgIpc) is 1.65. The van der Waals surface area contributed by atoms with Crippen LogP contribution in [0, 0.1) is 0 Å². The fraction of sp³-hybridized carbons (Fsp3) is 0. The Bertz CT molecular complexity index is 7290. The zero-order valence-electron chi connectivity index (χ0n) is 59.9. The van der Waals surface area contributed by atoms with Crippen molar-refractivity contribution >= 4 is 235 Å². The first-order chi connectivity index (χ1) is 55.0. The maximum Gasteiger partial charge on any atom is 0.0895 e. The summed E-state index contributed by atoms with van der Waals surface area (Å²) in [5, 5.41) is 33.9. The molecule has 0 saturated heterocycles. The van der Waals surface area contributed by atoms with Gasteiger partial charge in [-0.1, -0.05) is 255 Å². The summed E-state index contributed by atoms with van der Waals surface area (Å²) < 4.78 is 13.1. The molecule has 4 N–H and O–H groups in total. The minimum Gasteiger partial charge on any atom is -0.356 e. The summed E-state index contributed by atoms with van der Waals surface area (Å²) in [6.07, 6.45) is 0. The lowest BCUT2D eigenvalue weighted by molar-refractivity contribution is 1.42. The molecule has 0 aliphatic rings. The lowest BCUT2D eigenvalue weighted by Gasteiger charge is -2.13. The van der Waals surface area contributed by atoms with Crippen LogP contribution in [-0.4, -0.2) is 4.98 Å². The van der Waals surface area contributed by atoms with Crippen LogP contribution in [0.25, 0.3) is 156 Å². The van der Waals surface area contributed by atoms with Crippen LogP contribution in [0.2, 0.25) is 0 Å². The Balaban J connectivity index is 0.0000000975. The Morgan fingerprint density at radius 3 is 1.24 bits per heavy atom. The second-order valence-electron chi connectivity index (χ2n) is 27.6. The minimum absolute atomic E-state index is 1.01. The van der Waals surface area contributed by atoms with E-state index >= 15 is 0 Å². The first-order valence-electron chi connectivity index (χ1n) is 37.1. The summed E-state index contributed by atoms with van der Waals surface area (Å²) in [5.74, 6) is 0. The molecule has 6 heterocycles. The van der Waals surface area contributed by atoms with Crippen molar-refractivity contribution in [3.63, 3.8) is 0 Å². The molecule has 0 radical (unpaired) electrons. The van der Waals surface area contributed by atoms with Gasteiger partial charge in [-0.25, -0.2) is 4.98 Å². The normalized spacial score (nSPS) is 11.4. The van der Waals surface area contributed by atoms with Crippen LogP contribution in [0.1, 0.15) is 0 Å². The van der Waals surface area contributed by atoms with E-state index in [9.17, 15) is 0 Å². The summed E-state index contributed by atoms with van der Waals surface area (Å²) in [4.78, 5) is 5.01. The second kappa shape index (κ2) is 29.5. The average molecular weight is 1510 g/mol. The summed E-state index contributed by atoms with van der Waals surface area (Å²) in [7, 11) is 0. The molecule has 0 bridgehead atoms. The fourth-order valence-corrected chi connectivity index (χ4v) is 21.1. The number of anilines is 8. The Labute approximate surface area is 660 Å². The van der Waals surface area contributed by atoms with Gasteiger partial charge in [0, 0.05) is 137 Å². The number of benzene rings is 17. The van der Waals surface area contributed by atoms with Crippen LogP contribution in [0.3, 0.4) is 0 Å². The number of aromatic nitrogens is 1. The Kier molecular flexibility index (Phi) is 17.9. The highest BCUT2D eigenvalue weighted by molar-refractivity contribution is 7.27. The van der Waals surface area contributed by atoms with Crippen LogP contribution < -0.4 is 21.3 Å². The number of nitrogens with one attached hydrogen (secondary N) is 4. The molecule has 526 valence electrons. The van der Waals surface area contributed by atoms with Gasteiger partial charge in [0.2, 0.25) is 0 Å². The van der Waals surface area contributed by atoms with Crippen LogP contribution in [0.4, 0.5) is 45.5 Å². The summed E-state index contributed by atoms with van der Waals surface area (Å²) in [6.45, 7) is 0. The summed E-state index contributed by atoms with van der Waals surface area (Å²) in [6, 6.07) is 135. The molecule has 0 aliphatic carbocycles. The van der Waals surface area contributed by atoms with Gasteiger partial charge >= 0.3 is 0 Å². The number of hydrogen-bond donors (Lipinski definition) is 4. The number of rotatable bonds is 10.